The van der Waals surface area contributed by atoms with E-state index >= 15 is 0 Å². The molecular formula is C26H46O2. The molecule has 162 valence electrons. The van der Waals surface area contributed by atoms with Gasteiger partial charge in [-0.15, -0.1) is 0 Å². The van der Waals surface area contributed by atoms with Crippen LogP contribution >= 0.6 is 0 Å². The molecule has 10 atom stereocenters. The molecule has 0 aromatic heterocycles. The fourth-order valence-corrected chi connectivity index (χ4v) is 8.96. The Hall–Kier alpha value is -0.0800. The largest absolute Gasteiger partial charge is 0.393 e. The van der Waals surface area contributed by atoms with Crippen LogP contribution in [-0.2, 0) is 0 Å². The number of hydrogen-bond donors (Lipinski definition) is 2. The molecule has 0 aliphatic heterocycles. The molecule has 0 aromatic carbocycles. The van der Waals surface area contributed by atoms with Gasteiger partial charge in [-0.25, -0.2) is 0 Å². The van der Waals surface area contributed by atoms with Gasteiger partial charge in [0.05, 0.1) is 12.2 Å². The van der Waals surface area contributed by atoms with Crippen molar-refractivity contribution in [3.8, 4) is 0 Å². The van der Waals surface area contributed by atoms with Crippen LogP contribution in [-0.4, -0.2) is 22.4 Å². The van der Waals surface area contributed by atoms with Crippen molar-refractivity contribution in [3.63, 3.8) is 0 Å². The molecule has 0 spiro atoms. The Morgan fingerprint density at radius 3 is 2.32 bits per heavy atom. The second kappa shape index (κ2) is 7.56. The summed E-state index contributed by atoms with van der Waals surface area (Å²) in [4.78, 5) is 0. The van der Waals surface area contributed by atoms with Gasteiger partial charge in [-0.1, -0.05) is 47.5 Å². The van der Waals surface area contributed by atoms with Crippen LogP contribution in [0.1, 0.15) is 98.8 Å². The van der Waals surface area contributed by atoms with Crippen LogP contribution in [0.15, 0.2) is 0 Å². The summed E-state index contributed by atoms with van der Waals surface area (Å²) in [6, 6.07) is 0. The van der Waals surface area contributed by atoms with Crippen LogP contribution in [0.3, 0.4) is 0 Å². The molecule has 0 radical (unpaired) electrons. The van der Waals surface area contributed by atoms with Crippen molar-refractivity contribution in [1.29, 1.82) is 0 Å². The second-order valence-electron chi connectivity index (χ2n) is 12.3. The van der Waals surface area contributed by atoms with Crippen molar-refractivity contribution in [2.75, 3.05) is 0 Å². The lowest BCUT2D eigenvalue weighted by Gasteiger charge is -2.62. The highest BCUT2D eigenvalue weighted by Crippen LogP contribution is 2.68. The van der Waals surface area contributed by atoms with Gasteiger partial charge in [0.2, 0.25) is 0 Å². The van der Waals surface area contributed by atoms with Gasteiger partial charge in [0.15, 0.2) is 0 Å². The average Bonchev–Trinajstić information content (AvgIpc) is 3.00. The zero-order chi connectivity index (χ0) is 20.3. The van der Waals surface area contributed by atoms with Crippen molar-refractivity contribution in [2.45, 2.75) is 111 Å². The maximum absolute atomic E-state index is 11.6. The van der Waals surface area contributed by atoms with Gasteiger partial charge in [-0.05, 0) is 104 Å². The van der Waals surface area contributed by atoms with E-state index in [1.54, 1.807) is 0 Å². The van der Waals surface area contributed by atoms with E-state index in [0.29, 0.717) is 23.2 Å². The molecule has 2 nitrogen and oxygen atoms in total. The summed E-state index contributed by atoms with van der Waals surface area (Å²) < 4.78 is 0. The molecule has 4 aliphatic rings. The average molecular weight is 391 g/mol. The first-order valence-corrected chi connectivity index (χ1v) is 12.5. The van der Waals surface area contributed by atoms with Gasteiger partial charge in [0.1, 0.15) is 0 Å². The Labute approximate surface area is 173 Å². The lowest BCUT2D eigenvalue weighted by Crippen LogP contribution is -2.58. The molecule has 2 heteroatoms. The van der Waals surface area contributed by atoms with E-state index < -0.39 is 0 Å². The normalized spacial score (nSPS) is 52.1. The molecule has 28 heavy (non-hydrogen) atoms. The number of fused-ring (bicyclic) bond motifs is 5. The summed E-state index contributed by atoms with van der Waals surface area (Å²) in [5.41, 5.74) is 0.487. The molecule has 0 aromatic rings. The Bertz CT molecular complexity index is 559. The van der Waals surface area contributed by atoms with Crippen LogP contribution in [0.2, 0.25) is 0 Å². The highest BCUT2D eigenvalue weighted by molar-refractivity contribution is 5.12. The number of aliphatic hydroxyl groups excluding tert-OH is 2. The van der Waals surface area contributed by atoms with E-state index in [9.17, 15) is 10.2 Å². The van der Waals surface area contributed by atoms with Crippen molar-refractivity contribution in [1.82, 2.24) is 0 Å². The van der Waals surface area contributed by atoms with E-state index in [2.05, 4.69) is 34.6 Å². The smallest absolute Gasteiger partial charge is 0.0602 e. The molecule has 0 heterocycles. The van der Waals surface area contributed by atoms with Gasteiger partial charge in [-0.2, -0.15) is 0 Å². The summed E-state index contributed by atoms with van der Waals surface area (Å²) in [5.74, 6) is 5.11. The first-order valence-electron chi connectivity index (χ1n) is 12.5. The maximum atomic E-state index is 11.6. The summed E-state index contributed by atoms with van der Waals surface area (Å²) in [6.07, 6.45) is 11.9. The third-order valence-electron chi connectivity index (χ3n) is 10.7. The highest BCUT2D eigenvalue weighted by atomic mass is 16.3. The molecule has 4 fully saturated rings. The molecule has 0 saturated heterocycles. The van der Waals surface area contributed by atoms with E-state index in [1.165, 1.54) is 44.9 Å². The Kier molecular flexibility index (Phi) is 5.71. The predicted molar refractivity (Wildman–Crippen MR) is 116 cm³/mol. The standard InChI is InChI=1S/C26H46O2/c1-16(2)6-7-17(3)21-10-11-22-20-9-8-18-14-19(27)12-13-25(18,4)23(20)15-24(28)26(21,22)5/h16-24,27-28H,6-15H2,1-5H3/t17?,18?,19-,20?,21?,22?,23+,24?,25?,26?/m1/s1. The minimum absolute atomic E-state index is 0.0777. The third-order valence-corrected chi connectivity index (χ3v) is 10.7. The SMILES string of the molecule is CC(C)CCC(C)C1CCC2C3CCC4C[C@H](O)CCC4(C)[C@H]3CC(O)C12C. The van der Waals surface area contributed by atoms with E-state index in [4.69, 9.17) is 0 Å². The quantitative estimate of drug-likeness (QED) is 0.613. The fourth-order valence-electron chi connectivity index (χ4n) is 8.96. The molecule has 4 rings (SSSR count). The third kappa shape index (κ3) is 3.20. The number of rotatable bonds is 4. The van der Waals surface area contributed by atoms with Crippen molar-refractivity contribution in [3.05, 3.63) is 0 Å². The molecule has 4 aliphatic carbocycles. The fraction of sp³-hybridized carbons (Fsp3) is 1.00. The summed E-state index contributed by atoms with van der Waals surface area (Å²) in [6.45, 7) is 12.1. The van der Waals surface area contributed by atoms with Gasteiger partial charge in [0.25, 0.3) is 0 Å². The minimum Gasteiger partial charge on any atom is -0.393 e. The molecule has 2 N–H and O–H groups in total. The Morgan fingerprint density at radius 2 is 1.61 bits per heavy atom. The Balaban J connectivity index is 1.55. The first kappa shape index (κ1) is 21.2. The summed E-state index contributed by atoms with van der Waals surface area (Å²) in [5, 5.41) is 21.8. The molecule has 0 amide bonds. The number of aliphatic hydroxyl groups is 2. The van der Waals surface area contributed by atoms with Crippen LogP contribution in [0.4, 0.5) is 0 Å². The van der Waals surface area contributed by atoms with Gasteiger partial charge in [0, 0.05) is 0 Å². The summed E-state index contributed by atoms with van der Waals surface area (Å²) >= 11 is 0. The second-order valence-corrected chi connectivity index (χ2v) is 12.3. The highest BCUT2D eigenvalue weighted by Gasteiger charge is 2.63. The predicted octanol–water partition coefficient (Wildman–Crippen LogP) is 6.05. The van der Waals surface area contributed by atoms with Crippen LogP contribution in [0, 0.1) is 52.3 Å². The van der Waals surface area contributed by atoms with Crippen LogP contribution < -0.4 is 0 Å². The molecule has 0 bridgehead atoms. The Morgan fingerprint density at radius 1 is 0.857 bits per heavy atom. The van der Waals surface area contributed by atoms with Gasteiger partial charge < -0.3 is 10.2 Å². The van der Waals surface area contributed by atoms with Crippen molar-refractivity contribution < 1.29 is 10.2 Å². The van der Waals surface area contributed by atoms with Gasteiger partial charge in [-0.3, -0.25) is 0 Å². The first-order chi connectivity index (χ1) is 13.2. The topological polar surface area (TPSA) is 40.5 Å². The zero-order valence-electron chi connectivity index (χ0n) is 19.2. The van der Waals surface area contributed by atoms with E-state index in [-0.39, 0.29) is 17.6 Å². The van der Waals surface area contributed by atoms with Crippen molar-refractivity contribution in [2.24, 2.45) is 52.3 Å². The molecule has 8 unspecified atom stereocenters. The minimum atomic E-state index is -0.129. The van der Waals surface area contributed by atoms with Crippen molar-refractivity contribution >= 4 is 0 Å². The molecular weight excluding hydrogens is 344 g/mol. The van der Waals surface area contributed by atoms with Gasteiger partial charge >= 0.3 is 0 Å². The van der Waals surface area contributed by atoms with Crippen LogP contribution in [0.5, 0.6) is 0 Å². The lowest BCUT2D eigenvalue weighted by atomic mass is 9.43. The monoisotopic (exact) mass is 390 g/mol. The lowest BCUT2D eigenvalue weighted by molar-refractivity contribution is -0.175. The maximum Gasteiger partial charge on any atom is 0.0602 e. The number of hydrogen-bond acceptors (Lipinski definition) is 2. The molecule has 4 saturated carbocycles. The zero-order valence-corrected chi connectivity index (χ0v) is 19.2. The summed E-state index contributed by atoms with van der Waals surface area (Å²) in [7, 11) is 0. The van der Waals surface area contributed by atoms with E-state index in [1.807, 2.05) is 0 Å². The van der Waals surface area contributed by atoms with E-state index in [0.717, 1.165) is 42.9 Å². The van der Waals surface area contributed by atoms with Crippen LogP contribution in [0.25, 0.3) is 0 Å².